The summed E-state index contributed by atoms with van der Waals surface area (Å²) in [5.41, 5.74) is 2.46. The third-order valence-corrected chi connectivity index (χ3v) is 4.36. The number of carboxylic acid groups (broad SMARTS) is 1. The van der Waals surface area contributed by atoms with Gasteiger partial charge in [0.25, 0.3) is 0 Å². The van der Waals surface area contributed by atoms with Crippen molar-refractivity contribution < 1.29 is 14.6 Å². The highest BCUT2D eigenvalue weighted by molar-refractivity contribution is 5.88. The van der Waals surface area contributed by atoms with Crippen molar-refractivity contribution in [2.24, 2.45) is 0 Å². The van der Waals surface area contributed by atoms with Crippen LogP contribution in [0.4, 0.5) is 0 Å². The van der Waals surface area contributed by atoms with Gasteiger partial charge in [0.2, 0.25) is 0 Å². The molecular weight excluding hydrogens is 326 g/mol. The fraction of sp³-hybridized carbons (Fsp3) is 0.364. The van der Waals surface area contributed by atoms with Crippen molar-refractivity contribution in [3.05, 3.63) is 53.6 Å². The van der Waals surface area contributed by atoms with Gasteiger partial charge in [0.05, 0.1) is 17.2 Å². The van der Waals surface area contributed by atoms with Crippen molar-refractivity contribution in [1.82, 2.24) is 0 Å². The molecule has 0 bridgehead atoms. The molecular formula is C22H25NO3. The van der Waals surface area contributed by atoms with Crippen LogP contribution in [0.3, 0.4) is 0 Å². The molecule has 4 heteroatoms. The fourth-order valence-electron chi connectivity index (χ4n) is 2.84. The van der Waals surface area contributed by atoms with Crippen molar-refractivity contribution in [1.29, 1.82) is 5.26 Å². The molecule has 0 amide bonds. The van der Waals surface area contributed by atoms with Crippen LogP contribution in [-0.2, 0) is 0 Å². The number of carbonyl (C=O) groups is 1. The van der Waals surface area contributed by atoms with Gasteiger partial charge in [-0.2, -0.15) is 5.26 Å². The van der Waals surface area contributed by atoms with Crippen LogP contribution in [0.15, 0.2) is 42.5 Å². The number of nitriles is 1. The number of aromatic carboxylic acids is 1. The second kappa shape index (κ2) is 9.62. The first kappa shape index (κ1) is 19.5. The monoisotopic (exact) mass is 351 g/mol. The lowest BCUT2D eigenvalue weighted by molar-refractivity contribution is 0.0697. The van der Waals surface area contributed by atoms with Crippen LogP contribution in [0.2, 0.25) is 0 Å². The van der Waals surface area contributed by atoms with Crippen molar-refractivity contribution in [3.8, 4) is 22.9 Å². The van der Waals surface area contributed by atoms with Crippen LogP contribution < -0.4 is 4.74 Å². The first-order valence-electron chi connectivity index (χ1n) is 9.09. The summed E-state index contributed by atoms with van der Waals surface area (Å²) in [5, 5.41) is 18.4. The number of unbranched alkanes of at least 4 members (excludes halogenated alkanes) is 3. The summed E-state index contributed by atoms with van der Waals surface area (Å²) in [6.45, 7) is 4.22. The van der Waals surface area contributed by atoms with Gasteiger partial charge in [0.15, 0.2) is 0 Å². The minimum absolute atomic E-state index is 0.0691. The molecule has 0 radical (unpaired) electrons. The minimum atomic E-state index is -0.953. The number of nitrogens with zero attached hydrogens (tertiary/aromatic N) is 1. The zero-order valence-corrected chi connectivity index (χ0v) is 15.4. The van der Waals surface area contributed by atoms with Crippen LogP contribution in [0.5, 0.6) is 5.75 Å². The molecule has 0 aliphatic carbocycles. The third-order valence-electron chi connectivity index (χ3n) is 4.36. The summed E-state index contributed by atoms with van der Waals surface area (Å²) < 4.78 is 5.96. The number of hydrogen-bond donors (Lipinski definition) is 1. The quantitative estimate of drug-likeness (QED) is 0.592. The van der Waals surface area contributed by atoms with E-state index in [-0.39, 0.29) is 11.7 Å². The zero-order chi connectivity index (χ0) is 18.9. The Bertz CT molecular complexity index is 775. The molecule has 0 spiro atoms. The summed E-state index contributed by atoms with van der Waals surface area (Å²) in [4.78, 5) is 10.9. The molecule has 2 aromatic rings. The lowest BCUT2D eigenvalue weighted by Gasteiger charge is -2.16. The predicted molar refractivity (Wildman–Crippen MR) is 102 cm³/mol. The van der Waals surface area contributed by atoms with Gasteiger partial charge in [-0.15, -0.1) is 0 Å². The fourth-order valence-corrected chi connectivity index (χ4v) is 2.84. The molecule has 0 saturated carbocycles. The van der Waals surface area contributed by atoms with Crippen LogP contribution in [-0.4, -0.2) is 17.2 Å². The Balaban J connectivity index is 2.09. The number of benzene rings is 2. The maximum absolute atomic E-state index is 10.9. The summed E-state index contributed by atoms with van der Waals surface area (Å²) in [6, 6.07) is 14.3. The molecule has 0 saturated heterocycles. The maximum Gasteiger partial charge on any atom is 0.335 e. The molecule has 0 aliphatic rings. The molecule has 0 aliphatic heterocycles. The highest BCUT2D eigenvalue weighted by Gasteiger charge is 2.11. The molecule has 1 unspecified atom stereocenters. The lowest BCUT2D eigenvalue weighted by Crippen LogP contribution is -2.12. The molecule has 1 atom stereocenters. The van der Waals surface area contributed by atoms with E-state index in [1.807, 2.05) is 19.1 Å². The zero-order valence-electron chi connectivity index (χ0n) is 15.4. The standard InChI is InChI=1S/C22H25NO3/c1-3-4-5-6-7-16(2)26-21-13-12-19(14-20(21)15-23)17-8-10-18(11-9-17)22(24)25/h8-14,16H,3-7H2,1-2H3,(H,24,25). The first-order valence-corrected chi connectivity index (χ1v) is 9.09. The Hall–Kier alpha value is -2.80. The van der Waals surface area contributed by atoms with E-state index in [1.165, 1.54) is 19.3 Å². The highest BCUT2D eigenvalue weighted by Crippen LogP contribution is 2.28. The number of hydrogen-bond acceptors (Lipinski definition) is 3. The van der Waals surface area contributed by atoms with E-state index in [1.54, 1.807) is 30.3 Å². The molecule has 0 fully saturated rings. The Morgan fingerprint density at radius 2 is 1.81 bits per heavy atom. The van der Waals surface area contributed by atoms with E-state index in [2.05, 4.69) is 13.0 Å². The van der Waals surface area contributed by atoms with Gasteiger partial charge < -0.3 is 9.84 Å². The first-order chi connectivity index (χ1) is 12.5. The van der Waals surface area contributed by atoms with E-state index in [9.17, 15) is 10.1 Å². The molecule has 4 nitrogen and oxygen atoms in total. The van der Waals surface area contributed by atoms with Gasteiger partial charge in [-0.25, -0.2) is 4.79 Å². The Morgan fingerprint density at radius 1 is 1.12 bits per heavy atom. The van der Waals surface area contributed by atoms with Crippen molar-refractivity contribution in [3.63, 3.8) is 0 Å². The van der Waals surface area contributed by atoms with E-state index in [0.29, 0.717) is 11.3 Å². The smallest absolute Gasteiger partial charge is 0.335 e. The number of rotatable bonds is 9. The minimum Gasteiger partial charge on any atom is -0.489 e. The van der Waals surface area contributed by atoms with Crippen LogP contribution >= 0.6 is 0 Å². The van der Waals surface area contributed by atoms with Gasteiger partial charge in [-0.3, -0.25) is 0 Å². The van der Waals surface area contributed by atoms with Crippen molar-refractivity contribution in [2.75, 3.05) is 0 Å². The topological polar surface area (TPSA) is 70.3 Å². The molecule has 0 heterocycles. The molecule has 136 valence electrons. The van der Waals surface area contributed by atoms with Crippen molar-refractivity contribution in [2.45, 2.75) is 52.1 Å². The maximum atomic E-state index is 10.9. The summed E-state index contributed by atoms with van der Waals surface area (Å²) in [6.07, 6.45) is 5.84. The molecule has 2 aromatic carbocycles. The summed E-state index contributed by atoms with van der Waals surface area (Å²) >= 11 is 0. The van der Waals surface area contributed by atoms with Gasteiger partial charge in [-0.05, 0) is 55.2 Å². The van der Waals surface area contributed by atoms with Crippen LogP contribution in [0, 0.1) is 11.3 Å². The number of carboxylic acids is 1. The highest BCUT2D eigenvalue weighted by atomic mass is 16.5. The van der Waals surface area contributed by atoms with Crippen molar-refractivity contribution >= 4 is 5.97 Å². The molecule has 2 rings (SSSR count). The van der Waals surface area contributed by atoms with Gasteiger partial charge in [0, 0.05) is 0 Å². The Morgan fingerprint density at radius 3 is 2.42 bits per heavy atom. The Labute approximate surface area is 155 Å². The summed E-state index contributed by atoms with van der Waals surface area (Å²) in [5.74, 6) is -0.354. The largest absolute Gasteiger partial charge is 0.489 e. The van der Waals surface area contributed by atoms with Gasteiger partial charge in [0.1, 0.15) is 11.8 Å². The summed E-state index contributed by atoms with van der Waals surface area (Å²) in [7, 11) is 0. The normalized spacial score (nSPS) is 11.6. The predicted octanol–water partition coefficient (Wildman–Crippen LogP) is 5.66. The molecule has 26 heavy (non-hydrogen) atoms. The molecule has 1 N–H and O–H groups in total. The Kier molecular flexibility index (Phi) is 7.23. The molecule has 0 aromatic heterocycles. The second-order valence-corrected chi connectivity index (χ2v) is 6.48. The van der Waals surface area contributed by atoms with Gasteiger partial charge >= 0.3 is 5.97 Å². The second-order valence-electron chi connectivity index (χ2n) is 6.48. The number of ether oxygens (including phenoxy) is 1. The average molecular weight is 351 g/mol. The van der Waals surface area contributed by atoms with E-state index in [4.69, 9.17) is 9.84 Å². The van der Waals surface area contributed by atoms with Gasteiger partial charge in [-0.1, -0.05) is 44.4 Å². The third kappa shape index (κ3) is 5.35. The van der Waals surface area contributed by atoms with E-state index < -0.39 is 5.97 Å². The SMILES string of the molecule is CCCCCCC(C)Oc1ccc(-c2ccc(C(=O)O)cc2)cc1C#N. The van der Waals surface area contributed by atoms with E-state index in [0.717, 1.165) is 24.0 Å². The van der Waals surface area contributed by atoms with Crippen LogP contribution in [0.1, 0.15) is 61.9 Å². The van der Waals surface area contributed by atoms with Crippen LogP contribution in [0.25, 0.3) is 11.1 Å². The average Bonchev–Trinajstić information content (AvgIpc) is 2.65. The van der Waals surface area contributed by atoms with E-state index >= 15 is 0 Å². The lowest BCUT2D eigenvalue weighted by atomic mass is 10.0.